The third kappa shape index (κ3) is 7.88. The quantitative estimate of drug-likeness (QED) is 0.222. The van der Waals surface area contributed by atoms with Gasteiger partial charge in [0.05, 0.1) is 5.69 Å². The molecule has 0 radical (unpaired) electrons. The molecule has 1 aromatic heterocycles. The number of guanidine groups is 1. The Morgan fingerprint density at radius 2 is 1.88 bits per heavy atom. The molecule has 2 N–H and O–H groups in total. The fourth-order valence-corrected chi connectivity index (χ4v) is 4.46. The summed E-state index contributed by atoms with van der Waals surface area (Å²) in [6.45, 7) is 15.1. The Balaban J connectivity index is 0.00000385. The number of hydrogen-bond donors (Lipinski definition) is 2. The van der Waals surface area contributed by atoms with Crippen LogP contribution in [0.15, 0.2) is 29.3 Å². The highest BCUT2D eigenvalue weighted by Gasteiger charge is 2.17. The van der Waals surface area contributed by atoms with Gasteiger partial charge in [-0.1, -0.05) is 12.1 Å². The molecule has 1 aromatic carbocycles. The number of halogens is 1. The molecule has 0 bridgehead atoms. The maximum atomic E-state index is 4.53. The molecule has 0 amide bonds. The number of hydrogen-bond acceptors (Lipinski definition) is 4. The fourth-order valence-electron chi connectivity index (χ4n) is 4.46. The predicted molar refractivity (Wildman–Crippen MR) is 150 cm³/mol. The van der Waals surface area contributed by atoms with Gasteiger partial charge in [-0.05, 0) is 70.3 Å². The van der Waals surface area contributed by atoms with E-state index in [0.717, 1.165) is 63.8 Å². The maximum Gasteiger partial charge on any atom is 0.191 e. The Labute approximate surface area is 217 Å². The summed E-state index contributed by atoms with van der Waals surface area (Å²) in [6, 6.07) is 9.12. The Kier molecular flexibility index (Phi) is 11.0. The van der Waals surface area contributed by atoms with Crippen molar-refractivity contribution in [2.45, 2.75) is 46.6 Å². The monoisotopic (exact) mass is 567 g/mol. The van der Waals surface area contributed by atoms with Gasteiger partial charge >= 0.3 is 0 Å². The van der Waals surface area contributed by atoms with Gasteiger partial charge in [0.2, 0.25) is 0 Å². The van der Waals surface area contributed by atoms with Crippen LogP contribution in [-0.4, -0.2) is 73.0 Å². The number of benzene rings is 1. The second-order valence-corrected chi connectivity index (χ2v) is 9.04. The van der Waals surface area contributed by atoms with Gasteiger partial charge in [0.15, 0.2) is 5.96 Å². The van der Waals surface area contributed by atoms with E-state index in [1.807, 2.05) is 18.8 Å². The number of nitrogens with one attached hydrogen (secondary N) is 2. The minimum atomic E-state index is 0. The van der Waals surface area contributed by atoms with Gasteiger partial charge in [-0.25, -0.2) is 0 Å². The first-order chi connectivity index (χ1) is 15.4. The van der Waals surface area contributed by atoms with Crippen molar-refractivity contribution in [3.8, 4) is 0 Å². The molecule has 3 rings (SSSR count). The highest BCUT2D eigenvalue weighted by Crippen LogP contribution is 2.18. The Hall–Kier alpha value is -1.81. The van der Waals surface area contributed by atoms with Crippen LogP contribution in [0.2, 0.25) is 0 Å². The van der Waals surface area contributed by atoms with Crippen LogP contribution in [0.3, 0.4) is 0 Å². The molecule has 2 aromatic rings. The summed E-state index contributed by atoms with van der Waals surface area (Å²) < 4.78 is 1.96. The lowest BCUT2D eigenvalue weighted by Gasteiger charge is -2.36. The molecule has 2 heterocycles. The molecule has 8 heteroatoms. The third-order valence-electron chi connectivity index (χ3n) is 6.46. The van der Waals surface area contributed by atoms with Gasteiger partial charge in [0.25, 0.3) is 0 Å². The zero-order chi connectivity index (χ0) is 23.1. The molecule has 0 spiro atoms. The Bertz CT molecular complexity index is 900. The maximum absolute atomic E-state index is 4.53. The van der Waals surface area contributed by atoms with Crippen LogP contribution in [0.4, 0.5) is 5.69 Å². The van der Waals surface area contributed by atoms with E-state index in [4.69, 9.17) is 0 Å². The van der Waals surface area contributed by atoms with Crippen LogP contribution < -0.4 is 15.5 Å². The summed E-state index contributed by atoms with van der Waals surface area (Å²) in [5, 5.41) is 11.5. The van der Waals surface area contributed by atoms with Crippen molar-refractivity contribution in [1.29, 1.82) is 0 Å². The highest BCUT2D eigenvalue weighted by atomic mass is 127. The molecule has 33 heavy (non-hydrogen) atoms. The molecular weight excluding hydrogens is 525 g/mol. The lowest BCUT2D eigenvalue weighted by molar-refractivity contribution is 0.255. The second-order valence-electron chi connectivity index (χ2n) is 9.04. The van der Waals surface area contributed by atoms with Gasteiger partial charge in [-0.15, -0.1) is 24.0 Å². The second kappa shape index (κ2) is 13.2. The lowest BCUT2D eigenvalue weighted by Crippen LogP contribution is -2.47. The fraction of sp³-hybridized carbons (Fsp3) is 0.600. The first-order valence-corrected chi connectivity index (χ1v) is 11.9. The normalized spacial score (nSPS) is 15.8. The van der Waals surface area contributed by atoms with E-state index in [0.29, 0.717) is 0 Å². The van der Waals surface area contributed by atoms with Crippen LogP contribution in [0, 0.1) is 20.8 Å². The van der Waals surface area contributed by atoms with Crippen molar-refractivity contribution < 1.29 is 0 Å². The SMILES string of the molecule is CN=C(NCCCN1CCN(c2cccc(C)c2)CC1)NC(C)Cc1c(C)nn(C)c1C.I. The van der Waals surface area contributed by atoms with E-state index in [-0.39, 0.29) is 30.0 Å². The minimum Gasteiger partial charge on any atom is -0.369 e. The molecule has 7 nitrogen and oxygen atoms in total. The number of nitrogens with zero attached hydrogens (tertiary/aromatic N) is 5. The molecule has 1 unspecified atom stereocenters. The largest absolute Gasteiger partial charge is 0.369 e. The number of anilines is 1. The van der Waals surface area contributed by atoms with Crippen molar-refractivity contribution in [2.24, 2.45) is 12.0 Å². The van der Waals surface area contributed by atoms with Crippen LogP contribution in [0.1, 0.15) is 35.9 Å². The molecule has 1 atom stereocenters. The topological polar surface area (TPSA) is 60.7 Å². The zero-order valence-electron chi connectivity index (χ0n) is 21.2. The predicted octanol–water partition coefficient (Wildman–Crippen LogP) is 3.27. The summed E-state index contributed by atoms with van der Waals surface area (Å²) in [6.07, 6.45) is 2.05. The van der Waals surface area contributed by atoms with Crippen molar-refractivity contribution >= 4 is 35.6 Å². The summed E-state index contributed by atoms with van der Waals surface area (Å²) in [5.74, 6) is 0.876. The Morgan fingerprint density at radius 3 is 2.48 bits per heavy atom. The van der Waals surface area contributed by atoms with E-state index >= 15 is 0 Å². The summed E-state index contributed by atoms with van der Waals surface area (Å²) >= 11 is 0. The molecular formula is C25H42IN7. The van der Waals surface area contributed by atoms with Crippen molar-refractivity contribution in [3.63, 3.8) is 0 Å². The smallest absolute Gasteiger partial charge is 0.191 e. The third-order valence-corrected chi connectivity index (χ3v) is 6.46. The molecule has 1 aliphatic rings. The van der Waals surface area contributed by atoms with Gasteiger partial charge in [0.1, 0.15) is 0 Å². The van der Waals surface area contributed by atoms with Crippen LogP contribution >= 0.6 is 24.0 Å². The average molecular weight is 568 g/mol. The minimum absolute atomic E-state index is 0. The number of aryl methyl sites for hydroxylation is 3. The number of aliphatic imine (C=N–C) groups is 1. The standard InChI is InChI=1S/C25H41N7.HI/c1-19-9-7-10-23(17-19)32-15-13-31(14-16-32)12-8-11-27-25(26-5)28-20(2)18-24-21(3)29-30(6)22(24)4;/h7,9-10,17,20H,8,11-16,18H2,1-6H3,(H2,26,27,28);1H. The van der Waals surface area contributed by atoms with Gasteiger partial charge < -0.3 is 15.5 Å². The van der Waals surface area contributed by atoms with Crippen molar-refractivity contribution in [1.82, 2.24) is 25.3 Å². The van der Waals surface area contributed by atoms with Crippen LogP contribution in [-0.2, 0) is 13.5 Å². The van der Waals surface area contributed by atoms with Gasteiger partial charge in [-0.3, -0.25) is 14.6 Å². The van der Waals surface area contributed by atoms with Crippen molar-refractivity contribution in [3.05, 3.63) is 46.8 Å². The number of rotatable bonds is 8. The van der Waals surface area contributed by atoms with E-state index in [1.54, 1.807) is 0 Å². The molecule has 184 valence electrons. The van der Waals surface area contributed by atoms with Gasteiger partial charge in [-0.2, -0.15) is 5.10 Å². The van der Waals surface area contributed by atoms with E-state index < -0.39 is 0 Å². The highest BCUT2D eigenvalue weighted by molar-refractivity contribution is 14.0. The molecule has 0 aliphatic carbocycles. The van der Waals surface area contributed by atoms with Crippen molar-refractivity contribution in [2.75, 3.05) is 51.2 Å². The van der Waals surface area contributed by atoms with E-state index in [2.05, 4.69) is 82.5 Å². The average Bonchev–Trinajstić information content (AvgIpc) is 3.02. The summed E-state index contributed by atoms with van der Waals surface area (Å²) in [4.78, 5) is 9.48. The van der Waals surface area contributed by atoms with Crippen LogP contribution in [0.5, 0.6) is 0 Å². The zero-order valence-corrected chi connectivity index (χ0v) is 23.5. The van der Waals surface area contributed by atoms with Gasteiger partial charge in [0, 0.05) is 64.2 Å². The van der Waals surface area contributed by atoms with E-state index in [1.165, 1.54) is 22.5 Å². The Morgan fingerprint density at radius 1 is 1.15 bits per heavy atom. The molecule has 0 saturated carbocycles. The number of piperazine rings is 1. The summed E-state index contributed by atoms with van der Waals surface area (Å²) in [5.41, 5.74) is 6.36. The van der Waals surface area contributed by atoms with E-state index in [9.17, 15) is 0 Å². The molecule has 1 aliphatic heterocycles. The summed E-state index contributed by atoms with van der Waals surface area (Å²) in [7, 11) is 3.85. The number of aromatic nitrogens is 2. The first kappa shape index (κ1) is 27.4. The molecule has 1 fully saturated rings. The first-order valence-electron chi connectivity index (χ1n) is 11.9. The lowest BCUT2D eigenvalue weighted by atomic mass is 10.1. The van der Waals surface area contributed by atoms with Crippen LogP contribution in [0.25, 0.3) is 0 Å². The molecule has 1 saturated heterocycles.